The topological polar surface area (TPSA) is 91.4 Å². The first-order valence-electron chi connectivity index (χ1n) is 11.8. The van der Waals surface area contributed by atoms with Gasteiger partial charge < -0.3 is 10.6 Å². The number of hydrogen-bond donors (Lipinski definition) is 2. The SMILES string of the molecule is CCS(=O)(=O)c1ccc(CC(=O)Nc2nc3c(s2)CN(CC2CCNCC2)[C@H]3C(C)C)cc1. The van der Waals surface area contributed by atoms with Crippen LogP contribution in [0, 0.1) is 11.8 Å². The number of nitrogens with one attached hydrogen (secondary N) is 2. The van der Waals surface area contributed by atoms with Crippen LogP contribution in [0.15, 0.2) is 29.2 Å². The number of fused-ring (bicyclic) bond motifs is 1. The van der Waals surface area contributed by atoms with E-state index in [1.807, 2.05) is 0 Å². The lowest BCUT2D eigenvalue weighted by Crippen LogP contribution is -2.36. The molecule has 1 fully saturated rings. The van der Waals surface area contributed by atoms with E-state index < -0.39 is 9.84 Å². The molecule has 0 bridgehead atoms. The Bertz CT molecular complexity index is 1070. The predicted molar refractivity (Wildman–Crippen MR) is 132 cm³/mol. The minimum atomic E-state index is -3.23. The maximum absolute atomic E-state index is 12.6. The predicted octanol–water partition coefficient (Wildman–Crippen LogP) is 3.63. The van der Waals surface area contributed by atoms with Crippen LogP contribution in [0.1, 0.15) is 55.8 Å². The Morgan fingerprint density at radius 1 is 1.24 bits per heavy atom. The van der Waals surface area contributed by atoms with Gasteiger partial charge in [0.15, 0.2) is 15.0 Å². The summed E-state index contributed by atoms with van der Waals surface area (Å²) in [6, 6.07) is 6.85. The van der Waals surface area contributed by atoms with Crippen molar-refractivity contribution in [2.75, 3.05) is 30.7 Å². The molecule has 180 valence electrons. The van der Waals surface area contributed by atoms with E-state index in [4.69, 9.17) is 4.98 Å². The van der Waals surface area contributed by atoms with Crippen LogP contribution < -0.4 is 10.6 Å². The monoisotopic (exact) mass is 490 g/mol. The van der Waals surface area contributed by atoms with Crippen LogP contribution in [-0.4, -0.2) is 49.6 Å². The molecular weight excluding hydrogens is 456 g/mol. The second-order valence-electron chi connectivity index (χ2n) is 9.41. The summed E-state index contributed by atoms with van der Waals surface area (Å²) in [6.07, 6.45) is 2.65. The summed E-state index contributed by atoms with van der Waals surface area (Å²) in [5.74, 6) is 1.12. The Hall–Kier alpha value is -1.81. The quantitative estimate of drug-likeness (QED) is 0.587. The zero-order chi connectivity index (χ0) is 23.6. The molecule has 2 aliphatic rings. The number of carbonyl (C=O) groups is 1. The van der Waals surface area contributed by atoms with E-state index in [2.05, 4.69) is 29.4 Å². The Balaban J connectivity index is 1.38. The van der Waals surface area contributed by atoms with Gasteiger partial charge in [0.25, 0.3) is 0 Å². The van der Waals surface area contributed by atoms with Crippen LogP contribution in [-0.2, 0) is 27.6 Å². The van der Waals surface area contributed by atoms with E-state index in [9.17, 15) is 13.2 Å². The van der Waals surface area contributed by atoms with Crippen LogP contribution >= 0.6 is 11.3 Å². The van der Waals surface area contributed by atoms with E-state index >= 15 is 0 Å². The molecule has 1 aromatic heterocycles. The van der Waals surface area contributed by atoms with Crippen molar-refractivity contribution >= 4 is 32.2 Å². The Morgan fingerprint density at radius 2 is 1.94 bits per heavy atom. The first-order valence-corrected chi connectivity index (χ1v) is 14.3. The molecule has 2 aliphatic heterocycles. The lowest BCUT2D eigenvalue weighted by Gasteiger charge is -2.32. The van der Waals surface area contributed by atoms with Crippen molar-refractivity contribution in [3.05, 3.63) is 40.4 Å². The first-order chi connectivity index (χ1) is 15.8. The van der Waals surface area contributed by atoms with Crippen LogP contribution in [0.3, 0.4) is 0 Å². The van der Waals surface area contributed by atoms with Gasteiger partial charge in [-0.1, -0.05) is 32.9 Å². The number of amides is 1. The third-order valence-corrected chi connectivity index (χ3v) is 9.33. The fourth-order valence-corrected chi connectivity index (χ4v) is 6.79. The van der Waals surface area contributed by atoms with E-state index in [0.717, 1.165) is 43.4 Å². The highest BCUT2D eigenvalue weighted by Crippen LogP contribution is 2.43. The van der Waals surface area contributed by atoms with Crippen molar-refractivity contribution < 1.29 is 13.2 Å². The van der Waals surface area contributed by atoms with Gasteiger partial charge in [-0.25, -0.2) is 13.4 Å². The second-order valence-corrected chi connectivity index (χ2v) is 12.8. The largest absolute Gasteiger partial charge is 0.317 e. The van der Waals surface area contributed by atoms with Gasteiger partial charge in [0.05, 0.1) is 28.8 Å². The zero-order valence-corrected chi connectivity index (χ0v) is 21.3. The number of sulfone groups is 1. The molecule has 7 nitrogen and oxygen atoms in total. The number of nitrogens with zero attached hydrogens (tertiary/aromatic N) is 2. The molecule has 0 spiro atoms. The highest BCUT2D eigenvalue weighted by Gasteiger charge is 2.37. The van der Waals surface area contributed by atoms with Crippen molar-refractivity contribution in [3.63, 3.8) is 0 Å². The smallest absolute Gasteiger partial charge is 0.230 e. The maximum atomic E-state index is 12.6. The molecule has 1 saturated heterocycles. The average Bonchev–Trinajstić information content (AvgIpc) is 3.31. The number of piperidine rings is 1. The number of hydrogen-bond acceptors (Lipinski definition) is 7. The van der Waals surface area contributed by atoms with Gasteiger partial charge in [-0.15, -0.1) is 11.3 Å². The summed E-state index contributed by atoms with van der Waals surface area (Å²) >= 11 is 1.58. The lowest BCUT2D eigenvalue weighted by molar-refractivity contribution is -0.115. The Morgan fingerprint density at radius 3 is 2.58 bits per heavy atom. The number of thiazole rings is 1. The Kier molecular flexibility index (Phi) is 7.53. The molecule has 0 saturated carbocycles. The van der Waals surface area contributed by atoms with E-state index in [0.29, 0.717) is 22.0 Å². The third-order valence-electron chi connectivity index (χ3n) is 6.60. The molecule has 3 heterocycles. The number of anilines is 1. The van der Waals surface area contributed by atoms with Gasteiger partial charge in [0, 0.05) is 18.0 Å². The molecule has 1 aromatic carbocycles. The van der Waals surface area contributed by atoms with E-state index in [1.54, 1.807) is 42.5 Å². The molecule has 2 aromatic rings. The third kappa shape index (κ3) is 5.65. The van der Waals surface area contributed by atoms with Gasteiger partial charge in [0.1, 0.15) is 0 Å². The summed E-state index contributed by atoms with van der Waals surface area (Å²) in [5, 5.41) is 7.05. The fourth-order valence-electron chi connectivity index (χ4n) is 4.86. The number of aromatic nitrogens is 1. The zero-order valence-electron chi connectivity index (χ0n) is 19.6. The summed E-state index contributed by atoms with van der Waals surface area (Å²) in [5.41, 5.74) is 1.90. The molecule has 2 N–H and O–H groups in total. The minimum absolute atomic E-state index is 0.0637. The van der Waals surface area contributed by atoms with Crippen molar-refractivity contribution in [3.8, 4) is 0 Å². The second kappa shape index (κ2) is 10.2. The van der Waals surface area contributed by atoms with Gasteiger partial charge in [0.2, 0.25) is 5.91 Å². The lowest BCUT2D eigenvalue weighted by atomic mass is 9.95. The van der Waals surface area contributed by atoms with Crippen LogP contribution in [0.2, 0.25) is 0 Å². The number of rotatable bonds is 8. The molecule has 9 heteroatoms. The van der Waals surface area contributed by atoms with Crippen molar-refractivity contribution in [1.29, 1.82) is 0 Å². The van der Waals surface area contributed by atoms with Gasteiger partial charge in [-0.3, -0.25) is 9.69 Å². The molecule has 0 radical (unpaired) electrons. The molecule has 1 amide bonds. The summed E-state index contributed by atoms with van der Waals surface area (Å²) in [6.45, 7) is 10.3. The fraction of sp³-hybridized carbons (Fsp3) is 0.583. The highest BCUT2D eigenvalue weighted by molar-refractivity contribution is 7.91. The number of carbonyl (C=O) groups excluding carboxylic acids is 1. The highest BCUT2D eigenvalue weighted by atomic mass is 32.2. The molecule has 0 unspecified atom stereocenters. The molecule has 0 aliphatic carbocycles. The molecular formula is C24H34N4O3S2. The summed E-state index contributed by atoms with van der Waals surface area (Å²) in [7, 11) is -3.23. The van der Waals surface area contributed by atoms with Crippen molar-refractivity contribution in [2.24, 2.45) is 11.8 Å². The molecule has 4 rings (SSSR count). The normalized spacial score (nSPS) is 19.7. The maximum Gasteiger partial charge on any atom is 0.230 e. The van der Waals surface area contributed by atoms with Gasteiger partial charge in [-0.05, 0) is 55.5 Å². The summed E-state index contributed by atoms with van der Waals surface area (Å²) in [4.78, 5) is 21.6. The van der Waals surface area contributed by atoms with E-state index in [1.165, 1.54) is 17.7 Å². The molecule has 1 atom stereocenters. The van der Waals surface area contributed by atoms with Crippen LogP contribution in [0.4, 0.5) is 5.13 Å². The molecule has 33 heavy (non-hydrogen) atoms. The Labute approximate surface area is 200 Å². The first kappa shape index (κ1) is 24.3. The minimum Gasteiger partial charge on any atom is -0.317 e. The van der Waals surface area contributed by atoms with Crippen LogP contribution in [0.5, 0.6) is 0 Å². The van der Waals surface area contributed by atoms with Crippen molar-refractivity contribution in [2.45, 2.75) is 57.5 Å². The average molecular weight is 491 g/mol. The van der Waals surface area contributed by atoms with Gasteiger partial charge >= 0.3 is 0 Å². The van der Waals surface area contributed by atoms with E-state index in [-0.39, 0.29) is 18.1 Å². The summed E-state index contributed by atoms with van der Waals surface area (Å²) < 4.78 is 23.9. The van der Waals surface area contributed by atoms with Crippen LogP contribution in [0.25, 0.3) is 0 Å². The van der Waals surface area contributed by atoms with Crippen molar-refractivity contribution in [1.82, 2.24) is 15.2 Å². The standard InChI is InChI=1S/C24H34N4O3S2/c1-4-33(30,31)19-7-5-17(6-8-19)13-21(29)26-24-27-22-20(32-24)15-28(23(22)16(2)3)14-18-9-11-25-12-10-18/h5-8,16,18,23,25H,4,9-15H2,1-3H3,(H,26,27,29)/t23-/m0/s1. The van der Waals surface area contributed by atoms with Gasteiger partial charge in [-0.2, -0.15) is 0 Å². The number of benzene rings is 1.